The number of unbranched alkanes of at least 4 members (excludes halogenated alkanes) is 2. The van der Waals surface area contributed by atoms with Crippen LogP contribution in [0.25, 0.3) is 0 Å². The second kappa shape index (κ2) is 66.7. The molecule has 0 heterocycles. The largest absolute Gasteiger partial charge is 0.481 e. The van der Waals surface area contributed by atoms with E-state index in [0.29, 0.717) is 75.4 Å². The van der Waals surface area contributed by atoms with Crippen molar-refractivity contribution in [3.05, 3.63) is 29.8 Å². The van der Waals surface area contributed by atoms with Gasteiger partial charge in [0.05, 0.1) is 0 Å². The molecule has 0 aliphatic rings. The van der Waals surface area contributed by atoms with Gasteiger partial charge in [-0.25, -0.2) is 14.4 Å². The zero-order chi connectivity index (χ0) is 88.3. The average molecular weight is 1600 g/mol. The molecule has 0 radical (unpaired) electrons. The summed E-state index contributed by atoms with van der Waals surface area (Å²) in [5.74, 6) is -11.8. The Balaban J connectivity index is -0.000000233. The predicted octanol–water partition coefficient (Wildman–Crippen LogP) is -3.67. The number of carboxylic acids is 8. The van der Waals surface area contributed by atoms with Gasteiger partial charge in [-0.3, -0.25) is 57.5 Å². The average Bonchev–Trinajstić information content (AvgIpc) is 0.861. The molecule has 0 unspecified atom stereocenters. The molecule has 0 aliphatic carbocycles. The summed E-state index contributed by atoms with van der Waals surface area (Å²) in [6.07, 6.45) is 4.29. The van der Waals surface area contributed by atoms with Crippen LogP contribution in [0, 0.1) is 23.7 Å². The first-order chi connectivity index (χ1) is 51.0. The number of amides is 2. The van der Waals surface area contributed by atoms with Gasteiger partial charge in [0.25, 0.3) is 0 Å². The predicted molar refractivity (Wildman–Crippen MR) is 405 cm³/mol. The van der Waals surface area contributed by atoms with Crippen molar-refractivity contribution in [2.24, 2.45) is 115 Å². The lowest BCUT2D eigenvalue weighted by atomic mass is 10.0. The maximum atomic E-state index is 12.2. The fourth-order valence-corrected chi connectivity index (χ4v) is 7.47. The topological polar surface area (TPSA) is 871 Å². The van der Waals surface area contributed by atoms with Gasteiger partial charge in [-0.2, -0.15) is 0 Å². The highest BCUT2D eigenvalue weighted by molar-refractivity contribution is 5.91. The fraction of sp³-hybridized carbons (Fsp3) is 0.691. The number of carbonyl (C=O) groups excluding carboxylic acids is 7. The molecule has 0 saturated carbocycles. The van der Waals surface area contributed by atoms with Gasteiger partial charge >= 0.3 is 77.6 Å². The van der Waals surface area contributed by atoms with Crippen molar-refractivity contribution in [3.8, 4) is 5.75 Å². The summed E-state index contributed by atoms with van der Waals surface area (Å²) in [5.41, 5.74) is 85.6. The van der Waals surface area contributed by atoms with Crippen molar-refractivity contribution in [2.45, 2.75) is 263 Å². The van der Waals surface area contributed by atoms with Crippen molar-refractivity contribution in [1.29, 1.82) is 0 Å². The number of aliphatic carboxylic acids is 8. The van der Waals surface area contributed by atoms with Crippen molar-refractivity contribution in [2.75, 3.05) is 13.1 Å². The van der Waals surface area contributed by atoms with Crippen LogP contribution in [0.2, 0.25) is 0 Å². The maximum Gasteiger partial charge on any atom is 0.332 e. The van der Waals surface area contributed by atoms with Gasteiger partial charge in [0.15, 0.2) is 0 Å². The van der Waals surface area contributed by atoms with E-state index < -0.39 is 174 Å². The number of nitrogens with two attached hydrogens (primary N) is 16. The van der Waals surface area contributed by atoms with Crippen LogP contribution in [0.3, 0.4) is 0 Å². The van der Waals surface area contributed by atoms with Crippen LogP contribution >= 0.6 is 0 Å². The number of benzene rings is 1. The van der Waals surface area contributed by atoms with E-state index in [-0.39, 0.29) is 62.5 Å². The lowest BCUT2D eigenvalue weighted by Gasteiger charge is -2.21. The summed E-state index contributed by atoms with van der Waals surface area (Å²) in [4.78, 5) is 161. The molecular weight excluding hydrogens is 1470 g/mol. The highest BCUT2D eigenvalue weighted by Crippen LogP contribution is 2.16. The molecule has 0 spiro atoms. The molecule has 0 bridgehead atoms. The Morgan fingerprint density at radius 1 is 0.324 bits per heavy atom. The van der Waals surface area contributed by atoms with E-state index in [1.54, 1.807) is 12.1 Å². The first kappa shape index (κ1) is 115. The van der Waals surface area contributed by atoms with Crippen LogP contribution in [0.5, 0.6) is 5.75 Å². The second-order valence-corrected chi connectivity index (χ2v) is 26.8. The van der Waals surface area contributed by atoms with Crippen LogP contribution in [0.4, 0.5) is 0 Å². The first-order valence-corrected chi connectivity index (χ1v) is 35.3. The molecule has 0 saturated heterocycles. The van der Waals surface area contributed by atoms with E-state index in [1.807, 2.05) is 55.4 Å². The summed E-state index contributed by atoms with van der Waals surface area (Å²) in [5, 5.41) is 66.9. The number of primary amides is 2. The molecule has 1 rings (SSSR count). The quantitative estimate of drug-likeness (QED) is 0.00984. The monoisotopic (exact) mass is 1600 g/mol. The highest BCUT2D eigenvalue weighted by atomic mass is 16.6. The number of carboxylic acid groups (broad SMARTS) is 8. The van der Waals surface area contributed by atoms with E-state index >= 15 is 0 Å². The Labute approximate surface area is 646 Å². The Morgan fingerprint density at radius 2 is 0.613 bits per heavy atom. The van der Waals surface area contributed by atoms with Crippen LogP contribution in [0.1, 0.15) is 178 Å². The minimum absolute atomic E-state index is 0.0213. The van der Waals surface area contributed by atoms with E-state index in [2.05, 4.69) is 4.74 Å². The Morgan fingerprint density at radius 3 is 0.928 bits per heavy atom. The normalized spacial score (nSPS) is 14.3. The fourth-order valence-electron chi connectivity index (χ4n) is 7.47. The molecule has 0 aliphatic heterocycles. The van der Waals surface area contributed by atoms with Crippen molar-refractivity contribution >= 4 is 89.4 Å². The van der Waals surface area contributed by atoms with Crippen LogP contribution in [0.15, 0.2) is 24.3 Å². The molecule has 40 N–H and O–H groups in total. The number of ether oxygens (including phenoxy) is 4. The molecule has 111 heavy (non-hydrogen) atoms. The maximum absolute atomic E-state index is 12.2. The lowest BCUT2D eigenvalue weighted by molar-refractivity contribution is -0.162. The van der Waals surface area contributed by atoms with E-state index in [9.17, 15) is 71.9 Å². The van der Waals surface area contributed by atoms with Gasteiger partial charge in [0, 0.05) is 19.3 Å². The Bertz CT molecular complexity index is 2840. The summed E-state index contributed by atoms with van der Waals surface area (Å²) in [7, 11) is 0. The summed E-state index contributed by atoms with van der Waals surface area (Å²) < 4.78 is 19.7. The number of hydrogen-bond donors (Lipinski definition) is 24. The molecule has 1 aromatic carbocycles. The zero-order valence-corrected chi connectivity index (χ0v) is 65.2. The lowest BCUT2D eigenvalue weighted by Crippen LogP contribution is -2.47. The molecule has 43 heteroatoms. The van der Waals surface area contributed by atoms with Gasteiger partial charge < -0.3 is 152 Å². The minimum atomic E-state index is -1.23. The van der Waals surface area contributed by atoms with Crippen molar-refractivity contribution < 1.29 is 132 Å². The molecule has 0 fully saturated rings. The van der Waals surface area contributed by atoms with Crippen LogP contribution < -0.4 is 96.5 Å². The van der Waals surface area contributed by atoms with Gasteiger partial charge in [0.2, 0.25) is 11.8 Å². The summed E-state index contributed by atoms with van der Waals surface area (Å²) in [6.45, 7) is 19.5. The molecule has 644 valence electrons. The van der Waals surface area contributed by atoms with Gasteiger partial charge in [-0.1, -0.05) is 80.4 Å². The number of carbonyl (C=O) groups is 15. The summed E-state index contributed by atoms with van der Waals surface area (Å²) in [6, 6.07) is -4.83. The molecule has 43 nitrogen and oxygen atoms in total. The number of rotatable bonds is 44. The van der Waals surface area contributed by atoms with E-state index in [0.717, 1.165) is 19.3 Å². The van der Waals surface area contributed by atoms with Gasteiger partial charge in [-0.15, -0.1) is 0 Å². The third-order valence-corrected chi connectivity index (χ3v) is 14.0. The van der Waals surface area contributed by atoms with Crippen LogP contribution in [-0.2, 0) is 92.5 Å². The minimum Gasteiger partial charge on any atom is -0.481 e. The molecule has 14 atom stereocenters. The second-order valence-electron chi connectivity index (χ2n) is 26.8. The number of hydrogen-bond acceptors (Lipinski definition) is 33. The van der Waals surface area contributed by atoms with E-state index in [1.165, 1.54) is 26.0 Å². The third kappa shape index (κ3) is 71.0. The van der Waals surface area contributed by atoms with Gasteiger partial charge in [0.1, 0.15) is 90.5 Å². The molecule has 2 amide bonds. The molecular formula is C68H130N16O27. The Kier molecular flexibility index (Phi) is 69.2. The summed E-state index contributed by atoms with van der Waals surface area (Å²) >= 11 is 0. The molecule has 0 aromatic heterocycles. The van der Waals surface area contributed by atoms with Crippen molar-refractivity contribution in [3.63, 3.8) is 0 Å². The SMILES string of the molecule is CC(C)C[C@H](N)C(=O)O.CC(C)C[C@H](N)C(=O)O.CC(C)C[C@H](N)C(=O)OC(=O)[C@@H](N)CCC(N)=O.CC(C)C[C@H](N)C(=O)O[C@H](C)[C@H](N)C(=O)O.C[C@@H](OC(=O)[C@@H](N)CCCCN)[C@H](N)C(=O)Oc1ccc(C[C@H](N)C(=O)O)cc1.NC(=O)CC[C@H](N)C(=O)O.NCCCC[C@H](N)C(=O)O.N[C@@H](CCC(=O)O)C(=O)O. The van der Waals surface area contributed by atoms with Crippen molar-refractivity contribution in [1.82, 2.24) is 0 Å². The smallest absolute Gasteiger partial charge is 0.332 e. The highest BCUT2D eigenvalue weighted by Gasteiger charge is 2.30. The molecule has 1 aromatic rings. The van der Waals surface area contributed by atoms with E-state index in [4.69, 9.17) is 147 Å². The van der Waals surface area contributed by atoms with Gasteiger partial charge in [-0.05, 0) is 145 Å². The Hall–Kier alpha value is -9.09. The number of esters is 5. The standard InChI is InChI=1S/C19H30N4O6.C11H21N3O4.C10H20N2O4.C6H14N2O2.2C6H13NO2.C5H10N2O3.C5H9NO4/c1-11(28-18(26)14(21)4-2-3-9-20)16(23)19(27)29-13-7-5-12(6-8-13)10-15(22)17(24)25;1-6(2)5-8(13)11(17)18-10(16)7(12)3-4-9(14)15;1-5(2)4-7(11)10(15)16-6(3)8(12)9(13)14;7-4-2-1-3-5(8)6(9)10;2*1-4(2)3-5(7)6(8)9;2*6-3(5(9)10)1-2-4(7)8/h5-8,11,14-16H,2-4,9-10,20-23H2,1H3,(H,24,25);6-8H,3-5,12-13H2,1-2H3,(H2,14,15);5-8H,4,11-12H2,1-3H3,(H,13,14);5H,1-4,7-8H2,(H,9,10);2*4-5H,3,7H2,1-2H3,(H,8,9);3H,1-2,6H2,(H2,7,8)(H,9,10);3H,1-2,6H2,(H,7,8)(H,9,10)/t11-,14+,15+,16+;7-,8-;6-,7+,8+;3*5-;2*3-/m10100000/s1. The third-order valence-electron chi connectivity index (χ3n) is 14.0. The zero-order valence-electron chi connectivity index (χ0n) is 65.2. The first-order valence-electron chi connectivity index (χ1n) is 35.3. The van der Waals surface area contributed by atoms with Crippen LogP contribution in [-0.4, -0.2) is 228 Å².